The predicted octanol–water partition coefficient (Wildman–Crippen LogP) is 5.40. The highest BCUT2D eigenvalue weighted by Crippen LogP contribution is 2.42. The minimum atomic E-state index is -2.89. The van der Waals surface area contributed by atoms with Gasteiger partial charge in [0.25, 0.3) is 11.6 Å². The van der Waals surface area contributed by atoms with Gasteiger partial charge in [0.1, 0.15) is 17.1 Å². The topological polar surface area (TPSA) is 35.7 Å². The van der Waals surface area contributed by atoms with Crippen LogP contribution in [-0.4, -0.2) is 28.7 Å². The second-order valence-electron chi connectivity index (χ2n) is 7.66. The summed E-state index contributed by atoms with van der Waals surface area (Å²) in [6, 6.07) is 22.3. The van der Waals surface area contributed by atoms with Crippen molar-refractivity contribution >= 4 is 33.1 Å². The lowest BCUT2D eigenvalue weighted by molar-refractivity contribution is -0.594. The third-order valence-corrected chi connectivity index (χ3v) is 6.38. The van der Waals surface area contributed by atoms with Crippen LogP contribution in [0, 0.1) is 0 Å². The van der Waals surface area contributed by atoms with Gasteiger partial charge in [-0.25, -0.2) is 4.90 Å². The fraction of sp³-hybridized carbons (Fsp3) is 0.208. The fourth-order valence-electron chi connectivity index (χ4n) is 4.47. The Morgan fingerprint density at radius 1 is 0.968 bits per heavy atom. The second kappa shape index (κ2) is 7.73. The highest BCUT2D eigenvalue weighted by Gasteiger charge is 2.54. The number of halogens is 3. The summed E-state index contributed by atoms with van der Waals surface area (Å²) in [4.78, 5) is 2.13. The molecule has 7 heteroatoms. The van der Waals surface area contributed by atoms with Crippen LogP contribution in [0.3, 0.4) is 0 Å². The lowest BCUT2D eigenvalue weighted by atomic mass is 9.98. The molecule has 0 saturated heterocycles. The summed E-state index contributed by atoms with van der Waals surface area (Å²) in [5.74, 6) is 1.07. The quantitative estimate of drug-likeness (QED) is 0.502. The molecule has 4 nitrogen and oxygen atoms in total. The number of anilines is 1. The fourth-order valence-corrected chi connectivity index (χ4v) is 4.74. The monoisotopic (exact) mass is 485 g/mol. The molecule has 0 aliphatic carbocycles. The number of amidine groups is 1. The second-order valence-corrected chi connectivity index (χ2v) is 8.58. The number of rotatable bonds is 4. The van der Waals surface area contributed by atoms with Crippen molar-refractivity contribution in [2.24, 2.45) is 0 Å². The lowest BCUT2D eigenvalue weighted by Crippen LogP contribution is -2.39. The zero-order chi connectivity index (χ0) is 21.6. The Morgan fingerprint density at radius 2 is 1.68 bits per heavy atom. The maximum atomic E-state index is 12.6. The van der Waals surface area contributed by atoms with E-state index in [1.54, 1.807) is 12.1 Å². The van der Waals surface area contributed by atoms with Crippen LogP contribution in [0.5, 0.6) is 5.75 Å². The van der Waals surface area contributed by atoms with Crippen molar-refractivity contribution in [1.29, 1.82) is 0 Å². The zero-order valence-corrected chi connectivity index (χ0v) is 18.1. The van der Waals surface area contributed by atoms with Gasteiger partial charge in [0, 0.05) is 10.0 Å². The van der Waals surface area contributed by atoms with Gasteiger partial charge in [0.2, 0.25) is 0 Å². The van der Waals surface area contributed by atoms with Crippen molar-refractivity contribution in [2.45, 2.75) is 25.2 Å². The Hall–Kier alpha value is -2.77. The lowest BCUT2D eigenvalue weighted by Gasteiger charge is -2.26. The van der Waals surface area contributed by atoms with Crippen LogP contribution in [0.4, 0.5) is 20.2 Å². The normalized spacial score (nSPS) is 20.1. The standard InChI is InChI=1S/C24H20BrF2N2O2/c25-18-8-10-19(11-9-18)28-15-24(30,17-6-12-20(13-7-17)31-23(26)27)29-21-4-2-1-3-16(21)5-14-22(28)29/h1-4,6-13,23,30H,5,14-15H2/q+1. The van der Waals surface area contributed by atoms with Crippen LogP contribution in [0.1, 0.15) is 17.5 Å². The first kappa shape index (κ1) is 20.2. The molecule has 0 bridgehead atoms. The molecule has 1 N–H and O–H groups in total. The molecule has 0 fully saturated rings. The van der Waals surface area contributed by atoms with Crippen molar-refractivity contribution in [3.8, 4) is 5.75 Å². The number of fused-ring (bicyclic) bond motifs is 2. The number of alkyl halides is 2. The first-order chi connectivity index (χ1) is 15.0. The number of hydrogen-bond acceptors (Lipinski definition) is 3. The molecule has 0 spiro atoms. The first-order valence-corrected chi connectivity index (χ1v) is 10.8. The third-order valence-electron chi connectivity index (χ3n) is 5.85. The number of benzene rings is 3. The summed E-state index contributed by atoms with van der Waals surface area (Å²) < 4.78 is 32.6. The number of aliphatic hydroxyl groups is 1. The molecule has 0 aromatic heterocycles. The molecule has 1 atom stereocenters. The van der Waals surface area contributed by atoms with Crippen molar-refractivity contribution < 1.29 is 23.2 Å². The largest absolute Gasteiger partial charge is 0.435 e. The van der Waals surface area contributed by atoms with E-state index in [-0.39, 0.29) is 5.75 Å². The van der Waals surface area contributed by atoms with Gasteiger partial charge in [-0.2, -0.15) is 13.4 Å². The summed E-state index contributed by atoms with van der Waals surface area (Å²) in [7, 11) is 0. The van der Waals surface area contributed by atoms with Gasteiger partial charge < -0.3 is 9.84 Å². The molecular formula is C24H20BrF2N2O2+. The molecule has 3 aromatic rings. The number of aryl methyl sites for hydroxylation is 1. The van der Waals surface area contributed by atoms with Crippen LogP contribution in [0.2, 0.25) is 0 Å². The highest BCUT2D eigenvalue weighted by atomic mass is 79.9. The van der Waals surface area contributed by atoms with Gasteiger partial charge in [0.05, 0.1) is 6.42 Å². The van der Waals surface area contributed by atoms with E-state index in [2.05, 4.69) is 31.6 Å². The number of para-hydroxylation sites is 1. The van der Waals surface area contributed by atoms with Crippen LogP contribution in [0.15, 0.2) is 77.3 Å². The average Bonchev–Trinajstić information content (AvgIpc) is 3.08. The minimum Gasteiger partial charge on any atom is -0.435 e. The maximum absolute atomic E-state index is 12.6. The van der Waals surface area contributed by atoms with Crippen molar-refractivity contribution in [3.05, 3.63) is 88.4 Å². The van der Waals surface area contributed by atoms with E-state index < -0.39 is 12.3 Å². The Morgan fingerprint density at radius 3 is 2.39 bits per heavy atom. The van der Waals surface area contributed by atoms with Crippen LogP contribution < -0.4 is 9.64 Å². The highest BCUT2D eigenvalue weighted by molar-refractivity contribution is 9.10. The summed E-state index contributed by atoms with van der Waals surface area (Å²) >= 11 is 3.48. The van der Waals surface area contributed by atoms with Crippen molar-refractivity contribution in [3.63, 3.8) is 0 Å². The Balaban J connectivity index is 1.63. The number of β-amino-alcohol motifs (C(OH)–C–C–N with tert-alkyl or cyclic N) is 1. The van der Waals surface area contributed by atoms with Gasteiger partial charge >= 0.3 is 6.61 Å². The number of hydrogen-bond donors (Lipinski definition) is 1. The molecule has 31 heavy (non-hydrogen) atoms. The molecule has 2 heterocycles. The molecule has 2 aliphatic heterocycles. The molecule has 2 aliphatic rings. The molecule has 3 aromatic carbocycles. The maximum Gasteiger partial charge on any atom is 0.387 e. The van der Waals surface area contributed by atoms with Crippen LogP contribution >= 0.6 is 15.9 Å². The van der Waals surface area contributed by atoms with E-state index in [0.717, 1.165) is 34.5 Å². The SMILES string of the molecule is OC1(c2ccc(OC(F)F)cc2)CN(c2ccc(Br)cc2)C2=[N+]1c1ccccc1CC2. The molecule has 1 unspecified atom stereocenters. The smallest absolute Gasteiger partial charge is 0.387 e. The van der Waals surface area contributed by atoms with E-state index in [9.17, 15) is 13.9 Å². The van der Waals surface area contributed by atoms with E-state index in [0.29, 0.717) is 12.1 Å². The summed E-state index contributed by atoms with van der Waals surface area (Å²) in [6.07, 6.45) is 1.66. The zero-order valence-electron chi connectivity index (χ0n) is 16.5. The van der Waals surface area contributed by atoms with Crippen LogP contribution in [0.25, 0.3) is 0 Å². The van der Waals surface area contributed by atoms with E-state index in [1.807, 2.05) is 47.0 Å². The van der Waals surface area contributed by atoms with E-state index >= 15 is 0 Å². The first-order valence-electron chi connectivity index (χ1n) is 10.0. The molecule has 0 radical (unpaired) electrons. The predicted molar refractivity (Wildman–Crippen MR) is 118 cm³/mol. The van der Waals surface area contributed by atoms with E-state index in [4.69, 9.17) is 0 Å². The summed E-state index contributed by atoms with van der Waals surface area (Å²) in [5, 5.41) is 12.0. The Kier molecular flexibility index (Phi) is 5.02. The van der Waals surface area contributed by atoms with Gasteiger partial charge in [-0.1, -0.05) is 34.1 Å². The van der Waals surface area contributed by atoms with Crippen LogP contribution in [-0.2, 0) is 12.1 Å². The third kappa shape index (κ3) is 3.51. The van der Waals surface area contributed by atoms with Gasteiger partial charge in [-0.15, -0.1) is 0 Å². The molecule has 5 rings (SSSR count). The number of ether oxygens (including phenoxy) is 1. The Bertz CT molecular complexity index is 1150. The molecule has 158 valence electrons. The van der Waals surface area contributed by atoms with Crippen molar-refractivity contribution in [1.82, 2.24) is 0 Å². The summed E-state index contributed by atoms with van der Waals surface area (Å²) in [6.45, 7) is -2.57. The number of nitrogens with zero attached hydrogens (tertiary/aromatic N) is 2. The van der Waals surface area contributed by atoms with Crippen molar-refractivity contribution in [2.75, 3.05) is 11.4 Å². The molecule has 0 amide bonds. The minimum absolute atomic E-state index is 0.0633. The Labute approximate surface area is 187 Å². The van der Waals surface area contributed by atoms with Gasteiger partial charge in [0.15, 0.2) is 6.54 Å². The van der Waals surface area contributed by atoms with Gasteiger partial charge in [-0.3, -0.25) is 0 Å². The molecular weight excluding hydrogens is 466 g/mol. The van der Waals surface area contributed by atoms with Gasteiger partial charge in [-0.05, 0) is 66.6 Å². The molecule has 0 saturated carbocycles. The van der Waals surface area contributed by atoms with E-state index in [1.165, 1.54) is 17.7 Å². The summed E-state index contributed by atoms with van der Waals surface area (Å²) in [5.41, 5.74) is 2.36. The average molecular weight is 486 g/mol.